The van der Waals surface area contributed by atoms with Gasteiger partial charge in [-0.3, -0.25) is 9.59 Å². The van der Waals surface area contributed by atoms with E-state index < -0.39 is 84.2 Å². The summed E-state index contributed by atoms with van der Waals surface area (Å²) in [5.41, 5.74) is 1.66. The molecule has 2 fully saturated rings. The van der Waals surface area contributed by atoms with E-state index in [4.69, 9.17) is 47.4 Å². The number of allylic oxidation sites excluding steroid dienone is 1. The fourth-order valence-electron chi connectivity index (χ4n) is 7.55. The molecule has 10 atom stereocenters. The lowest BCUT2D eigenvalue weighted by molar-refractivity contribution is -0.369. The van der Waals surface area contributed by atoms with Crippen LogP contribution in [-0.2, 0) is 83.4 Å². The van der Waals surface area contributed by atoms with Gasteiger partial charge >= 0.3 is 11.9 Å². The average molecular weight is 939 g/mol. The van der Waals surface area contributed by atoms with Gasteiger partial charge in [0.15, 0.2) is 24.8 Å². The van der Waals surface area contributed by atoms with E-state index in [1.165, 1.54) is 0 Å². The van der Waals surface area contributed by atoms with Crippen LogP contribution >= 0.6 is 0 Å². The van der Waals surface area contributed by atoms with Crippen LogP contribution < -0.4 is 0 Å². The fourth-order valence-corrected chi connectivity index (χ4v) is 7.55. The summed E-state index contributed by atoms with van der Waals surface area (Å²) < 4.78 is 65.6. The van der Waals surface area contributed by atoms with Crippen LogP contribution in [0.1, 0.15) is 76.6 Å². The van der Waals surface area contributed by atoms with Crippen LogP contribution in [0.2, 0.25) is 0 Å². The van der Waals surface area contributed by atoms with Gasteiger partial charge in [-0.2, -0.15) is 0 Å². The molecule has 68 heavy (non-hydrogen) atoms. The fraction of sp³-hybridized carbons (Fsp3) is 0.491. The van der Waals surface area contributed by atoms with Crippen molar-refractivity contribution in [2.75, 3.05) is 19.8 Å². The van der Waals surface area contributed by atoms with E-state index in [1.54, 1.807) is 47.6 Å². The van der Waals surface area contributed by atoms with Gasteiger partial charge < -0.3 is 52.5 Å². The van der Waals surface area contributed by atoms with E-state index in [0.717, 1.165) is 22.3 Å². The predicted octanol–water partition coefficient (Wildman–Crippen LogP) is 8.69. The van der Waals surface area contributed by atoms with Crippen molar-refractivity contribution < 1.29 is 62.1 Å². The molecule has 368 valence electrons. The second-order valence-electron chi connectivity index (χ2n) is 19.2. The van der Waals surface area contributed by atoms with Crippen molar-refractivity contribution in [1.29, 1.82) is 0 Å². The summed E-state index contributed by atoms with van der Waals surface area (Å²) >= 11 is 0. The molecule has 6 rings (SSSR count). The molecule has 2 aliphatic rings. The zero-order valence-electron chi connectivity index (χ0n) is 40.3. The van der Waals surface area contributed by atoms with Gasteiger partial charge in [0.2, 0.25) is 0 Å². The molecule has 4 aromatic rings. The van der Waals surface area contributed by atoms with Crippen molar-refractivity contribution in [3.05, 3.63) is 156 Å². The number of hydrogen-bond acceptors (Lipinski definition) is 13. The molecule has 13 nitrogen and oxygen atoms in total. The average Bonchev–Trinajstić information content (AvgIpc) is 3.32. The van der Waals surface area contributed by atoms with E-state index in [0.29, 0.717) is 12.8 Å². The first-order valence-corrected chi connectivity index (χ1v) is 23.5. The minimum absolute atomic E-state index is 0.0314. The zero-order chi connectivity index (χ0) is 48.5. The highest BCUT2D eigenvalue weighted by atomic mass is 16.8. The summed E-state index contributed by atoms with van der Waals surface area (Å²) in [6, 6.07) is 38.5. The number of esters is 2. The van der Waals surface area contributed by atoms with Gasteiger partial charge in [0.1, 0.15) is 36.6 Å². The molecule has 2 aliphatic heterocycles. The van der Waals surface area contributed by atoms with Crippen LogP contribution in [0.4, 0.5) is 0 Å². The quantitative estimate of drug-likeness (QED) is 0.0430. The Morgan fingerprint density at radius 1 is 0.544 bits per heavy atom. The first-order valence-electron chi connectivity index (χ1n) is 23.5. The minimum Gasteiger partial charge on any atom is -0.454 e. The maximum absolute atomic E-state index is 13.9. The number of rotatable bonds is 23. The summed E-state index contributed by atoms with van der Waals surface area (Å²) in [5.74, 6) is -1.13. The van der Waals surface area contributed by atoms with Crippen molar-refractivity contribution in [2.45, 2.75) is 142 Å². The summed E-state index contributed by atoms with van der Waals surface area (Å²) in [6.07, 6.45) is -8.75. The normalized spacial score (nSPS) is 25.3. The number of benzene rings is 4. The van der Waals surface area contributed by atoms with Gasteiger partial charge in [-0.25, -0.2) is 0 Å². The number of ether oxygens (including phenoxy) is 10. The topological polar surface area (TPSA) is 147 Å². The van der Waals surface area contributed by atoms with E-state index in [2.05, 4.69) is 6.58 Å². The van der Waals surface area contributed by atoms with Crippen molar-refractivity contribution >= 4 is 11.9 Å². The smallest absolute Gasteiger partial charge is 0.311 e. The molecule has 2 heterocycles. The third kappa shape index (κ3) is 15.6. The molecule has 0 spiro atoms. The second kappa shape index (κ2) is 25.7. The Bertz CT molecular complexity index is 2090. The number of unbranched alkanes of at least 4 members (excludes halogenated alkanes) is 1. The Labute approximate surface area is 401 Å². The zero-order valence-corrected chi connectivity index (χ0v) is 40.3. The summed E-state index contributed by atoms with van der Waals surface area (Å²) in [5, 5.41) is 12.5. The molecular formula is C55H70O13. The Hall–Kier alpha value is -4.80. The van der Waals surface area contributed by atoms with Gasteiger partial charge in [-0.1, -0.05) is 127 Å². The van der Waals surface area contributed by atoms with Gasteiger partial charge in [0, 0.05) is 0 Å². The van der Waals surface area contributed by atoms with E-state index in [-0.39, 0.29) is 46.2 Å². The first kappa shape index (κ1) is 52.6. The Kier molecular flexibility index (Phi) is 19.9. The lowest BCUT2D eigenvalue weighted by Crippen LogP contribution is -2.66. The number of aliphatic hydroxyl groups excluding tert-OH is 1. The van der Waals surface area contributed by atoms with E-state index in [9.17, 15) is 14.7 Å². The number of carbonyl (C=O) groups excluding carboxylic acids is 2. The summed E-state index contributed by atoms with van der Waals surface area (Å²) in [6.45, 7) is 15.2. The predicted molar refractivity (Wildman–Crippen MR) is 254 cm³/mol. The SMILES string of the molecule is C=CCCCO[C@@H]1O[C@H](COCc2ccccc2)[C@@H](O[C@@H]2O[C@H](COCc3ccccc3)[C@H](OCc3ccccc3)[C@H](O)[C@H]2OC(=O)C(C)(C)C)[C@H](OCc2ccccc2)[C@H]1OC(=O)C(C)(C)C. The van der Waals surface area contributed by atoms with Crippen LogP contribution in [-0.4, -0.2) is 98.3 Å². The Balaban J connectivity index is 1.41. The number of hydrogen-bond donors (Lipinski definition) is 1. The van der Waals surface area contributed by atoms with Crippen LogP contribution in [0.15, 0.2) is 134 Å². The second-order valence-corrected chi connectivity index (χ2v) is 19.2. The molecule has 2 saturated heterocycles. The highest BCUT2D eigenvalue weighted by Crippen LogP contribution is 2.37. The molecule has 4 aromatic carbocycles. The first-order chi connectivity index (χ1) is 32.7. The molecule has 0 aliphatic carbocycles. The molecule has 1 N–H and O–H groups in total. The van der Waals surface area contributed by atoms with Crippen LogP contribution in [0.25, 0.3) is 0 Å². The Morgan fingerprint density at radius 3 is 1.41 bits per heavy atom. The molecule has 0 amide bonds. The highest BCUT2D eigenvalue weighted by Gasteiger charge is 2.56. The van der Waals surface area contributed by atoms with Crippen molar-refractivity contribution in [3.8, 4) is 0 Å². The molecule has 0 saturated carbocycles. The molecule has 0 radical (unpaired) electrons. The van der Waals surface area contributed by atoms with Gasteiger partial charge in [0.05, 0.1) is 57.1 Å². The standard InChI is InChI=1S/C55H70O13/c1-8-9-22-31-61-50-49(68-53(58)55(5,6)7)48(63-35-41-29-20-13-21-30-41)46(43(64-50)37-60-33-39-25-16-11-17-26-39)66-51-47(67-52(57)54(2,3)4)44(56)45(62-34-40-27-18-12-19-28-40)42(65-51)36-59-32-38-23-14-10-15-24-38/h8,10-21,23-30,42-51,56H,1,9,22,31-37H2,2-7H3/t42-,43-,44+,45+,46-,47-,48+,49-,50-,51+/m1/s1. The maximum Gasteiger partial charge on any atom is 0.311 e. The summed E-state index contributed by atoms with van der Waals surface area (Å²) in [7, 11) is 0. The van der Waals surface area contributed by atoms with Gasteiger partial charge in [0.25, 0.3) is 0 Å². The van der Waals surface area contributed by atoms with Crippen LogP contribution in [0.5, 0.6) is 0 Å². The lowest BCUT2D eigenvalue weighted by atomic mass is 9.94. The molecular weight excluding hydrogens is 869 g/mol. The minimum atomic E-state index is -1.48. The van der Waals surface area contributed by atoms with Crippen molar-refractivity contribution in [2.24, 2.45) is 10.8 Å². The molecule has 0 bridgehead atoms. The van der Waals surface area contributed by atoms with E-state index >= 15 is 0 Å². The monoisotopic (exact) mass is 938 g/mol. The van der Waals surface area contributed by atoms with Crippen molar-refractivity contribution in [1.82, 2.24) is 0 Å². The van der Waals surface area contributed by atoms with Gasteiger partial charge in [-0.15, -0.1) is 6.58 Å². The lowest BCUT2D eigenvalue weighted by Gasteiger charge is -2.49. The van der Waals surface area contributed by atoms with Crippen LogP contribution in [0, 0.1) is 10.8 Å². The third-order valence-electron chi connectivity index (χ3n) is 11.4. The van der Waals surface area contributed by atoms with Crippen molar-refractivity contribution in [3.63, 3.8) is 0 Å². The number of carbonyl (C=O) groups is 2. The summed E-state index contributed by atoms with van der Waals surface area (Å²) in [4.78, 5) is 27.8. The van der Waals surface area contributed by atoms with Gasteiger partial charge in [-0.05, 0) is 76.6 Å². The molecule has 0 aromatic heterocycles. The Morgan fingerprint density at radius 2 is 0.956 bits per heavy atom. The number of aliphatic hydroxyl groups is 1. The molecule has 0 unspecified atom stereocenters. The molecule has 13 heteroatoms. The maximum atomic E-state index is 13.9. The van der Waals surface area contributed by atoms with E-state index in [1.807, 2.05) is 121 Å². The van der Waals surface area contributed by atoms with Crippen LogP contribution in [0.3, 0.4) is 0 Å². The largest absolute Gasteiger partial charge is 0.454 e. The third-order valence-corrected chi connectivity index (χ3v) is 11.4. The highest BCUT2D eigenvalue weighted by molar-refractivity contribution is 5.76.